The number of hydrogen-bond donors (Lipinski definition) is 0. The van der Waals surface area contributed by atoms with Gasteiger partial charge in [-0.2, -0.15) is 0 Å². The lowest BCUT2D eigenvalue weighted by atomic mass is 9.51. The molecule has 0 unspecified atom stereocenters. The fraction of sp³-hybridized carbons (Fsp3) is 0.889. The van der Waals surface area contributed by atoms with E-state index in [2.05, 4.69) is 0 Å². The highest BCUT2D eigenvalue weighted by atomic mass is 16.7. The van der Waals surface area contributed by atoms with Crippen LogP contribution in [0.15, 0.2) is 0 Å². The minimum absolute atomic E-state index is 0.136. The van der Waals surface area contributed by atoms with E-state index in [0.29, 0.717) is 19.7 Å². The van der Waals surface area contributed by atoms with Crippen molar-refractivity contribution in [3.8, 4) is 0 Å². The van der Waals surface area contributed by atoms with Gasteiger partial charge < -0.3 is 23.7 Å². The monoisotopic (exact) mass is 369 g/mol. The van der Waals surface area contributed by atoms with Crippen molar-refractivity contribution in [2.75, 3.05) is 19.7 Å². The van der Waals surface area contributed by atoms with Crippen LogP contribution in [0.2, 0.25) is 5.31 Å². The first-order valence-electron chi connectivity index (χ1n) is 9.21. The standard InChI is InChI=1S/C18H32BNO6/c1-9-23-13(21)10-18(19-25-16(5,6)17(7,8)26-19)11-20(12-18)14(22)24-15(2,3)4/h9-12H2,1-8H3. The maximum atomic E-state index is 12.3. The van der Waals surface area contributed by atoms with Gasteiger partial charge in [0.25, 0.3) is 0 Å². The summed E-state index contributed by atoms with van der Waals surface area (Å²) in [4.78, 5) is 26.1. The Morgan fingerprint density at radius 2 is 1.58 bits per heavy atom. The van der Waals surface area contributed by atoms with Crippen LogP contribution in [0.4, 0.5) is 4.79 Å². The fourth-order valence-corrected chi connectivity index (χ4v) is 3.11. The van der Waals surface area contributed by atoms with Gasteiger partial charge in [-0.3, -0.25) is 4.79 Å². The molecule has 2 rings (SSSR count). The molecule has 7 nitrogen and oxygen atoms in total. The Bertz CT molecular complexity index is 547. The van der Waals surface area contributed by atoms with Gasteiger partial charge in [-0.05, 0) is 55.4 Å². The zero-order valence-electron chi connectivity index (χ0n) is 17.3. The summed E-state index contributed by atoms with van der Waals surface area (Å²) in [6, 6.07) is 0. The molecular formula is C18H32BNO6. The van der Waals surface area contributed by atoms with Crippen molar-refractivity contribution in [2.45, 2.75) is 83.9 Å². The Morgan fingerprint density at radius 3 is 2.00 bits per heavy atom. The van der Waals surface area contributed by atoms with Crippen LogP contribution in [0.3, 0.4) is 0 Å². The number of nitrogens with zero attached hydrogens (tertiary/aromatic N) is 1. The molecule has 2 saturated heterocycles. The van der Waals surface area contributed by atoms with Crippen LogP contribution in [-0.2, 0) is 23.6 Å². The van der Waals surface area contributed by atoms with Crippen molar-refractivity contribution in [2.24, 2.45) is 0 Å². The van der Waals surface area contributed by atoms with E-state index in [-0.39, 0.29) is 12.4 Å². The van der Waals surface area contributed by atoms with Crippen LogP contribution < -0.4 is 0 Å². The van der Waals surface area contributed by atoms with Crippen molar-refractivity contribution < 1.29 is 28.4 Å². The molecule has 0 bridgehead atoms. The van der Waals surface area contributed by atoms with E-state index in [1.807, 2.05) is 48.5 Å². The molecular weight excluding hydrogens is 337 g/mol. The maximum absolute atomic E-state index is 12.3. The zero-order chi connectivity index (χ0) is 20.0. The second-order valence-electron chi connectivity index (χ2n) is 9.27. The van der Waals surface area contributed by atoms with Gasteiger partial charge >= 0.3 is 19.2 Å². The quantitative estimate of drug-likeness (QED) is 0.560. The molecule has 0 saturated carbocycles. The molecule has 8 heteroatoms. The molecule has 2 fully saturated rings. The molecule has 148 valence electrons. The summed E-state index contributed by atoms with van der Waals surface area (Å²) < 4.78 is 22.9. The van der Waals surface area contributed by atoms with Crippen LogP contribution in [0.1, 0.15) is 61.8 Å². The Morgan fingerprint density at radius 1 is 1.08 bits per heavy atom. The highest BCUT2D eigenvalue weighted by molar-refractivity contribution is 6.51. The van der Waals surface area contributed by atoms with Gasteiger partial charge in [0.1, 0.15) is 5.60 Å². The number of amides is 1. The van der Waals surface area contributed by atoms with Crippen LogP contribution in [0, 0.1) is 0 Å². The molecule has 0 aliphatic carbocycles. The van der Waals surface area contributed by atoms with Crippen LogP contribution in [-0.4, -0.2) is 60.6 Å². The molecule has 1 amide bonds. The van der Waals surface area contributed by atoms with Gasteiger partial charge in [-0.15, -0.1) is 0 Å². The van der Waals surface area contributed by atoms with Gasteiger partial charge in [0.05, 0.1) is 29.5 Å². The lowest BCUT2D eigenvalue weighted by Gasteiger charge is -2.49. The first-order chi connectivity index (χ1) is 11.7. The SMILES string of the molecule is CCOC(=O)CC1(B2OC(C)(C)C(C)(C)O2)CN(C(=O)OC(C)(C)C)C1. The molecule has 0 spiro atoms. The van der Waals surface area contributed by atoms with Crippen LogP contribution in [0.5, 0.6) is 0 Å². The van der Waals surface area contributed by atoms with Crippen LogP contribution in [0.25, 0.3) is 0 Å². The van der Waals surface area contributed by atoms with Gasteiger partial charge in [0, 0.05) is 13.1 Å². The third-order valence-corrected chi connectivity index (χ3v) is 5.22. The molecule has 0 N–H and O–H groups in total. The summed E-state index contributed by atoms with van der Waals surface area (Å²) in [5, 5.41) is -0.631. The van der Waals surface area contributed by atoms with E-state index in [1.54, 1.807) is 11.8 Å². The zero-order valence-corrected chi connectivity index (χ0v) is 17.3. The highest BCUT2D eigenvalue weighted by Gasteiger charge is 2.65. The van der Waals surface area contributed by atoms with E-state index in [9.17, 15) is 9.59 Å². The number of carbonyl (C=O) groups is 2. The minimum Gasteiger partial charge on any atom is -0.466 e. The average molecular weight is 369 g/mol. The summed E-state index contributed by atoms with van der Waals surface area (Å²) in [6.07, 6.45) is -0.259. The van der Waals surface area contributed by atoms with Crippen molar-refractivity contribution in [3.05, 3.63) is 0 Å². The number of carbonyl (C=O) groups excluding carboxylic acids is 2. The summed E-state index contributed by atoms with van der Waals surface area (Å²) in [7, 11) is -0.587. The predicted molar refractivity (Wildman–Crippen MR) is 97.8 cm³/mol. The Hall–Kier alpha value is -1.28. The average Bonchev–Trinajstić information content (AvgIpc) is 2.60. The lowest BCUT2D eigenvalue weighted by Crippen LogP contribution is -2.62. The number of hydrogen-bond acceptors (Lipinski definition) is 6. The molecule has 2 heterocycles. The fourth-order valence-electron chi connectivity index (χ4n) is 3.11. The predicted octanol–water partition coefficient (Wildman–Crippen LogP) is 3.02. The molecule has 0 aromatic rings. The Kier molecular flexibility index (Phi) is 5.43. The number of ether oxygens (including phenoxy) is 2. The van der Waals surface area contributed by atoms with Gasteiger partial charge in [-0.1, -0.05) is 0 Å². The van der Waals surface area contributed by atoms with Gasteiger partial charge in [0.15, 0.2) is 0 Å². The van der Waals surface area contributed by atoms with Crippen molar-refractivity contribution in [1.29, 1.82) is 0 Å². The normalized spacial score (nSPS) is 23.4. The maximum Gasteiger partial charge on any atom is 0.468 e. The lowest BCUT2D eigenvalue weighted by molar-refractivity contribution is -0.145. The second kappa shape index (κ2) is 6.71. The molecule has 0 aromatic heterocycles. The van der Waals surface area contributed by atoms with E-state index in [1.165, 1.54) is 0 Å². The highest BCUT2D eigenvalue weighted by Crippen LogP contribution is 2.52. The molecule has 0 radical (unpaired) electrons. The van der Waals surface area contributed by atoms with Crippen molar-refractivity contribution >= 4 is 19.2 Å². The molecule has 2 aliphatic heterocycles. The Balaban J connectivity index is 2.14. The molecule has 26 heavy (non-hydrogen) atoms. The van der Waals surface area contributed by atoms with Gasteiger partial charge in [0.2, 0.25) is 0 Å². The van der Waals surface area contributed by atoms with Crippen molar-refractivity contribution in [3.63, 3.8) is 0 Å². The third-order valence-electron chi connectivity index (χ3n) is 5.22. The van der Waals surface area contributed by atoms with E-state index in [0.717, 1.165) is 0 Å². The topological polar surface area (TPSA) is 74.3 Å². The van der Waals surface area contributed by atoms with E-state index >= 15 is 0 Å². The molecule has 0 atom stereocenters. The first-order valence-corrected chi connectivity index (χ1v) is 9.21. The summed E-state index contributed by atoms with van der Waals surface area (Å²) in [5.41, 5.74) is -1.59. The Labute approximate surface area is 156 Å². The second-order valence-corrected chi connectivity index (χ2v) is 9.27. The number of likely N-dealkylation sites (tertiary alicyclic amines) is 1. The summed E-state index contributed by atoms with van der Waals surface area (Å²) >= 11 is 0. The summed E-state index contributed by atoms with van der Waals surface area (Å²) in [5.74, 6) is -0.314. The number of rotatable bonds is 4. The number of esters is 1. The van der Waals surface area contributed by atoms with Crippen LogP contribution >= 0.6 is 0 Å². The molecule has 0 aromatic carbocycles. The largest absolute Gasteiger partial charge is 0.468 e. The first kappa shape index (κ1) is 21.0. The minimum atomic E-state index is -0.631. The molecule has 2 aliphatic rings. The van der Waals surface area contributed by atoms with E-state index in [4.69, 9.17) is 18.8 Å². The van der Waals surface area contributed by atoms with Crippen molar-refractivity contribution in [1.82, 2.24) is 4.90 Å². The van der Waals surface area contributed by atoms with E-state index < -0.39 is 35.3 Å². The summed E-state index contributed by atoms with van der Waals surface area (Å²) in [6.45, 7) is 16.1. The van der Waals surface area contributed by atoms with Gasteiger partial charge in [-0.25, -0.2) is 4.79 Å². The third kappa shape index (κ3) is 4.17. The smallest absolute Gasteiger partial charge is 0.466 e.